The maximum absolute atomic E-state index is 11.9. The van der Waals surface area contributed by atoms with E-state index in [1.807, 2.05) is 13.8 Å². The topological polar surface area (TPSA) is 106 Å². The zero-order valence-corrected chi connectivity index (χ0v) is 16.9. The molecule has 0 spiro atoms. The standard InChI is InChI=1S/C15H31N3O5S.ClH/c1-13(2)23-8-9-24(20,21)18-10-14(19)17-11-15(12-22-3)4-6-16-7-5-15;/h13,16,18H,4-12H2,1-3H3,(H,17,19);1H. The van der Waals surface area contributed by atoms with Crippen LogP contribution in [0.25, 0.3) is 0 Å². The lowest BCUT2D eigenvalue weighted by atomic mass is 9.79. The smallest absolute Gasteiger partial charge is 0.235 e. The lowest BCUT2D eigenvalue weighted by Crippen LogP contribution is -2.49. The molecule has 0 aromatic carbocycles. The normalized spacial score (nSPS) is 17.1. The van der Waals surface area contributed by atoms with Crippen LogP contribution in [0.4, 0.5) is 0 Å². The average molecular weight is 402 g/mol. The summed E-state index contributed by atoms with van der Waals surface area (Å²) in [5, 5.41) is 6.11. The average Bonchev–Trinajstić information content (AvgIpc) is 2.52. The number of sulfonamides is 1. The van der Waals surface area contributed by atoms with Gasteiger partial charge in [0, 0.05) is 19.1 Å². The maximum Gasteiger partial charge on any atom is 0.235 e. The van der Waals surface area contributed by atoms with E-state index in [0.717, 1.165) is 25.9 Å². The molecule has 0 radical (unpaired) electrons. The molecule has 8 nitrogen and oxygen atoms in total. The Hall–Kier alpha value is -0.450. The van der Waals surface area contributed by atoms with Gasteiger partial charge in [0.25, 0.3) is 0 Å². The van der Waals surface area contributed by atoms with Crippen LogP contribution in [-0.2, 0) is 24.3 Å². The van der Waals surface area contributed by atoms with Gasteiger partial charge in [0.15, 0.2) is 0 Å². The Morgan fingerprint density at radius 3 is 2.48 bits per heavy atom. The van der Waals surface area contributed by atoms with Crippen LogP contribution in [-0.4, -0.2) is 72.7 Å². The van der Waals surface area contributed by atoms with Crippen LogP contribution in [0.1, 0.15) is 26.7 Å². The number of amides is 1. The summed E-state index contributed by atoms with van der Waals surface area (Å²) < 4.78 is 36.4. The van der Waals surface area contributed by atoms with Crippen LogP contribution in [0.3, 0.4) is 0 Å². The highest BCUT2D eigenvalue weighted by atomic mass is 35.5. The van der Waals surface area contributed by atoms with E-state index in [2.05, 4.69) is 15.4 Å². The molecule has 1 aliphatic rings. The van der Waals surface area contributed by atoms with Crippen LogP contribution in [0.15, 0.2) is 0 Å². The molecule has 0 aromatic heterocycles. The van der Waals surface area contributed by atoms with Gasteiger partial charge in [-0.1, -0.05) is 0 Å². The summed E-state index contributed by atoms with van der Waals surface area (Å²) >= 11 is 0. The Balaban J connectivity index is 0.00000576. The molecule has 1 aliphatic heterocycles. The molecule has 0 unspecified atom stereocenters. The fraction of sp³-hybridized carbons (Fsp3) is 0.933. The molecular weight excluding hydrogens is 370 g/mol. The van der Waals surface area contributed by atoms with Crippen LogP contribution < -0.4 is 15.4 Å². The van der Waals surface area contributed by atoms with E-state index in [1.54, 1.807) is 7.11 Å². The Kier molecular flexibility index (Phi) is 11.8. The van der Waals surface area contributed by atoms with Gasteiger partial charge in [0.2, 0.25) is 15.9 Å². The molecule has 10 heteroatoms. The zero-order valence-electron chi connectivity index (χ0n) is 15.3. The summed E-state index contributed by atoms with van der Waals surface area (Å²) in [6.45, 7) is 6.37. The van der Waals surface area contributed by atoms with Crippen molar-refractivity contribution < 1.29 is 22.7 Å². The number of halogens is 1. The van der Waals surface area contributed by atoms with E-state index in [9.17, 15) is 13.2 Å². The minimum Gasteiger partial charge on any atom is -0.384 e. The minimum absolute atomic E-state index is 0. The molecular formula is C15H32ClN3O5S. The molecule has 0 saturated carbocycles. The number of rotatable bonds is 11. The molecule has 0 bridgehead atoms. The van der Waals surface area contributed by atoms with Crippen molar-refractivity contribution in [1.29, 1.82) is 0 Å². The van der Waals surface area contributed by atoms with Crippen molar-refractivity contribution in [3.8, 4) is 0 Å². The number of hydrogen-bond acceptors (Lipinski definition) is 6. The number of nitrogens with one attached hydrogen (secondary N) is 3. The maximum atomic E-state index is 11.9. The molecule has 1 rings (SSSR count). The van der Waals surface area contributed by atoms with Gasteiger partial charge in [-0.25, -0.2) is 13.1 Å². The van der Waals surface area contributed by atoms with Gasteiger partial charge in [0.05, 0.1) is 31.6 Å². The Morgan fingerprint density at radius 1 is 1.28 bits per heavy atom. The highest BCUT2D eigenvalue weighted by Gasteiger charge is 2.32. The summed E-state index contributed by atoms with van der Waals surface area (Å²) in [5.74, 6) is -0.491. The molecule has 1 saturated heterocycles. The monoisotopic (exact) mass is 401 g/mol. The molecule has 3 N–H and O–H groups in total. The summed E-state index contributed by atoms with van der Waals surface area (Å²) in [6.07, 6.45) is 1.81. The van der Waals surface area contributed by atoms with Gasteiger partial charge in [-0.05, 0) is 39.8 Å². The minimum atomic E-state index is -3.51. The molecule has 1 amide bonds. The van der Waals surface area contributed by atoms with Gasteiger partial charge in [0.1, 0.15) is 0 Å². The number of hydrogen-bond donors (Lipinski definition) is 3. The van der Waals surface area contributed by atoms with Gasteiger partial charge in [-0.2, -0.15) is 0 Å². The van der Waals surface area contributed by atoms with Gasteiger partial charge < -0.3 is 20.1 Å². The SMILES string of the molecule is COCC1(CNC(=O)CNS(=O)(=O)CCOC(C)C)CCNCC1.Cl. The van der Waals surface area contributed by atoms with Crippen molar-refractivity contribution in [3.63, 3.8) is 0 Å². The number of carbonyl (C=O) groups excluding carboxylic acids is 1. The predicted octanol–water partition coefficient (Wildman–Crippen LogP) is -0.115. The van der Waals surface area contributed by atoms with Crippen molar-refractivity contribution in [2.45, 2.75) is 32.8 Å². The summed E-state index contributed by atoms with van der Waals surface area (Å²) in [7, 11) is -1.86. The summed E-state index contributed by atoms with van der Waals surface area (Å²) in [5.41, 5.74) is -0.0837. The van der Waals surface area contributed by atoms with Crippen LogP contribution in [0.5, 0.6) is 0 Å². The van der Waals surface area contributed by atoms with E-state index in [-0.39, 0.29) is 48.7 Å². The van der Waals surface area contributed by atoms with Crippen LogP contribution in [0.2, 0.25) is 0 Å². The highest BCUT2D eigenvalue weighted by molar-refractivity contribution is 7.89. The number of carbonyl (C=O) groups is 1. The van der Waals surface area contributed by atoms with Crippen molar-refractivity contribution >= 4 is 28.3 Å². The quantitative estimate of drug-likeness (QED) is 0.446. The van der Waals surface area contributed by atoms with Gasteiger partial charge >= 0.3 is 0 Å². The molecule has 1 fully saturated rings. The molecule has 0 aliphatic carbocycles. The molecule has 150 valence electrons. The zero-order chi connectivity index (χ0) is 18.1. The van der Waals surface area contributed by atoms with Gasteiger partial charge in [-0.3, -0.25) is 4.79 Å². The van der Waals surface area contributed by atoms with E-state index >= 15 is 0 Å². The number of methoxy groups -OCH3 is 1. The number of piperidine rings is 1. The van der Waals surface area contributed by atoms with E-state index in [4.69, 9.17) is 9.47 Å². The molecule has 0 aromatic rings. The highest BCUT2D eigenvalue weighted by Crippen LogP contribution is 2.28. The third-order valence-electron chi connectivity index (χ3n) is 4.03. The summed E-state index contributed by atoms with van der Waals surface area (Å²) in [6, 6.07) is 0. The van der Waals surface area contributed by atoms with Crippen LogP contribution in [0, 0.1) is 5.41 Å². The van der Waals surface area contributed by atoms with Gasteiger partial charge in [-0.15, -0.1) is 12.4 Å². The first-order valence-electron chi connectivity index (χ1n) is 8.34. The fourth-order valence-electron chi connectivity index (χ4n) is 2.63. The third-order valence-corrected chi connectivity index (χ3v) is 5.32. The van der Waals surface area contributed by atoms with Crippen molar-refractivity contribution in [3.05, 3.63) is 0 Å². The lowest BCUT2D eigenvalue weighted by Gasteiger charge is -2.37. The van der Waals surface area contributed by atoms with Crippen LogP contribution >= 0.6 is 12.4 Å². The first-order chi connectivity index (χ1) is 11.3. The van der Waals surface area contributed by atoms with E-state index in [0.29, 0.717) is 13.2 Å². The molecule has 1 heterocycles. The van der Waals surface area contributed by atoms with E-state index in [1.165, 1.54) is 0 Å². The predicted molar refractivity (Wildman–Crippen MR) is 99.5 cm³/mol. The molecule has 0 atom stereocenters. The second kappa shape index (κ2) is 12.0. The first-order valence-corrected chi connectivity index (χ1v) is 9.99. The number of ether oxygens (including phenoxy) is 2. The lowest BCUT2D eigenvalue weighted by molar-refractivity contribution is -0.120. The second-order valence-corrected chi connectivity index (χ2v) is 8.45. The second-order valence-electron chi connectivity index (χ2n) is 6.52. The Bertz CT molecular complexity index is 476. The molecule has 25 heavy (non-hydrogen) atoms. The Morgan fingerprint density at radius 2 is 1.92 bits per heavy atom. The Labute approximate surface area is 157 Å². The third kappa shape index (κ3) is 10.3. The van der Waals surface area contributed by atoms with E-state index < -0.39 is 10.0 Å². The first kappa shape index (κ1) is 24.6. The largest absolute Gasteiger partial charge is 0.384 e. The van der Waals surface area contributed by atoms with Crippen molar-refractivity contribution in [1.82, 2.24) is 15.4 Å². The van der Waals surface area contributed by atoms with Crippen molar-refractivity contribution in [2.75, 3.05) is 52.3 Å². The van der Waals surface area contributed by atoms with Crippen molar-refractivity contribution in [2.24, 2.45) is 5.41 Å². The fourth-order valence-corrected chi connectivity index (χ4v) is 3.44. The summed E-state index contributed by atoms with van der Waals surface area (Å²) in [4.78, 5) is 11.9.